The maximum Gasteiger partial charge on any atom is 0.270 e. The lowest BCUT2D eigenvalue weighted by molar-refractivity contribution is -0.113. The molecule has 1 saturated heterocycles. The van der Waals surface area contributed by atoms with E-state index < -0.39 is 5.25 Å². The second kappa shape index (κ2) is 7.23. The molecule has 29 heavy (non-hydrogen) atoms. The normalized spacial score (nSPS) is 20.3. The lowest BCUT2D eigenvalue weighted by Crippen LogP contribution is -2.24. The second-order valence-corrected chi connectivity index (χ2v) is 8.39. The zero-order valence-electron chi connectivity index (χ0n) is 15.6. The van der Waals surface area contributed by atoms with Crippen LogP contribution in [0.25, 0.3) is 10.9 Å². The van der Waals surface area contributed by atoms with E-state index in [-0.39, 0.29) is 28.8 Å². The van der Waals surface area contributed by atoms with Crippen molar-refractivity contribution >= 4 is 34.4 Å². The number of carbonyl (C=O) groups is 1. The molecule has 1 unspecified atom stereocenters. The predicted octanol–water partition coefficient (Wildman–Crippen LogP) is 2.14. The van der Waals surface area contributed by atoms with Gasteiger partial charge in [-0.3, -0.25) is 24.2 Å². The molecule has 0 radical (unpaired) electrons. The summed E-state index contributed by atoms with van der Waals surface area (Å²) in [6.45, 7) is 1.21. The Morgan fingerprint density at radius 2 is 1.86 bits per heavy atom. The van der Waals surface area contributed by atoms with Gasteiger partial charge in [0.1, 0.15) is 5.82 Å². The first kappa shape index (κ1) is 18.3. The fraction of sp³-hybridized carbons (Fsp3) is 0.350. The monoisotopic (exact) mass is 412 g/mol. The largest absolute Gasteiger partial charge is 0.381 e. The summed E-state index contributed by atoms with van der Waals surface area (Å²) in [5.74, 6) is 0.448. The molecule has 5 rings (SSSR count). The minimum absolute atomic E-state index is 0.0409. The molecule has 1 fully saturated rings. The van der Waals surface area contributed by atoms with Crippen LogP contribution in [-0.2, 0) is 9.53 Å². The summed E-state index contributed by atoms with van der Waals surface area (Å²) >= 11 is 1.29. The Kier molecular flexibility index (Phi) is 4.56. The van der Waals surface area contributed by atoms with Crippen LogP contribution in [0.5, 0.6) is 0 Å². The van der Waals surface area contributed by atoms with Crippen molar-refractivity contribution in [3.05, 3.63) is 62.2 Å². The van der Waals surface area contributed by atoms with Crippen LogP contribution < -0.4 is 16.4 Å². The first-order valence-corrected chi connectivity index (χ1v) is 10.6. The molecule has 8 nitrogen and oxygen atoms in total. The third kappa shape index (κ3) is 3.20. The van der Waals surface area contributed by atoms with Gasteiger partial charge in [-0.1, -0.05) is 18.2 Å². The highest BCUT2D eigenvalue weighted by molar-refractivity contribution is 8.00. The summed E-state index contributed by atoms with van der Waals surface area (Å²) < 4.78 is 7.18. The van der Waals surface area contributed by atoms with Gasteiger partial charge in [-0.15, -0.1) is 11.8 Å². The van der Waals surface area contributed by atoms with E-state index >= 15 is 0 Å². The van der Waals surface area contributed by atoms with Crippen LogP contribution in [0, 0.1) is 0 Å². The third-order valence-corrected chi connectivity index (χ3v) is 6.74. The van der Waals surface area contributed by atoms with E-state index in [1.807, 2.05) is 30.3 Å². The molecule has 1 atom stereocenters. The number of hydrogen-bond donors (Lipinski definition) is 3. The zero-order valence-corrected chi connectivity index (χ0v) is 16.4. The summed E-state index contributed by atoms with van der Waals surface area (Å²) in [6.07, 6.45) is 1.50. The molecule has 2 aromatic heterocycles. The molecule has 2 aliphatic heterocycles. The van der Waals surface area contributed by atoms with Gasteiger partial charge in [0.05, 0.1) is 22.6 Å². The average molecular weight is 412 g/mol. The Morgan fingerprint density at radius 1 is 1.07 bits per heavy atom. The van der Waals surface area contributed by atoms with E-state index in [0.29, 0.717) is 30.2 Å². The molecule has 0 bridgehead atoms. The van der Waals surface area contributed by atoms with Crippen LogP contribution in [0.15, 0.2) is 39.9 Å². The van der Waals surface area contributed by atoms with E-state index in [2.05, 4.69) is 15.4 Å². The van der Waals surface area contributed by atoms with Crippen LogP contribution in [0.4, 0.5) is 5.82 Å². The van der Waals surface area contributed by atoms with Crippen molar-refractivity contribution in [2.75, 3.05) is 24.3 Å². The summed E-state index contributed by atoms with van der Waals surface area (Å²) in [6, 6.07) is 9.37. The smallest absolute Gasteiger partial charge is 0.270 e. The number of thioether (sulfide) groups is 1. The summed E-state index contributed by atoms with van der Waals surface area (Å²) in [4.78, 5) is 41.1. The number of para-hydroxylation sites is 1. The van der Waals surface area contributed by atoms with E-state index in [9.17, 15) is 14.4 Å². The number of aromatic amines is 2. The third-order valence-electron chi connectivity index (χ3n) is 5.48. The molecule has 9 heteroatoms. The standard InChI is InChI=1S/C20H20N4O4S/c25-15-10-29-17(13-9-11-3-1-2-4-14(11)21-19(13)26)16-18(22-15)24(23-20(16)27)12-5-7-28-8-6-12/h1-4,9,12,17H,5-8,10H2,(H,21,26)(H,22,25)(H,23,27). The Morgan fingerprint density at radius 3 is 2.69 bits per heavy atom. The summed E-state index contributed by atoms with van der Waals surface area (Å²) in [7, 11) is 0. The first-order chi connectivity index (χ1) is 14.1. The van der Waals surface area contributed by atoms with Gasteiger partial charge < -0.3 is 15.0 Å². The Balaban J connectivity index is 1.68. The number of carbonyl (C=O) groups excluding carboxylic acids is 1. The Bertz CT molecular complexity index is 1210. The van der Waals surface area contributed by atoms with Gasteiger partial charge in [0.15, 0.2) is 0 Å². The molecular formula is C20H20N4O4S. The number of fused-ring (bicyclic) bond motifs is 2. The number of aromatic nitrogens is 3. The van der Waals surface area contributed by atoms with Crippen LogP contribution >= 0.6 is 11.8 Å². The number of hydrogen-bond acceptors (Lipinski definition) is 5. The molecule has 0 saturated carbocycles. The topological polar surface area (TPSA) is 109 Å². The van der Waals surface area contributed by atoms with Crippen LogP contribution in [0.2, 0.25) is 0 Å². The number of anilines is 1. The van der Waals surface area contributed by atoms with Gasteiger partial charge in [-0.05, 0) is 30.4 Å². The van der Waals surface area contributed by atoms with Crippen molar-refractivity contribution in [3.63, 3.8) is 0 Å². The number of benzene rings is 1. The van der Waals surface area contributed by atoms with E-state index in [1.165, 1.54) is 11.8 Å². The van der Waals surface area contributed by atoms with Crippen molar-refractivity contribution in [1.82, 2.24) is 14.8 Å². The van der Waals surface area contributed by atoms with Crippen LogP contribution in [0.1, 0.15) is 35.3 Å². The van der Waals surface area contributed by atoms with E-state index in [0.717, 1.165) is 23.7 Å². The van der Waals surface area contributed by atoms with Crippen molar-refractivity contribution in [3.8, 4) is 0 Å². The molecule has 150 valence electrons. The van der Waals surface area contributed by atoms with Gasteiger partial charge in [0.25, 0.3) is 11.1 Å². The maximum absolute atomic E-state index is 13.0. The van der Waals surface area contributed by atoms with Gasteiger partial charge >= 0.3 is 0 Å². The lowest BCUT2D eigenvalue weighted by Gasteiger charge is -2.25. The van der Waals surface area contributed by atoms with E-state index in [4.69, 9.17) is 4.74 Å². The molecule has 3 aromatic rings. The van der Waals surface area contributed by atoms with Crippen LogP contribution in [0.3, 0.4) is 0 Å². The average Bonchev–Trinajstić information content (AvgIpc) is 2.94. The highest BCUT2D eigenvalue weighted by Gasteiger charge is 2.33. The molecule has 1 aromatic carbocycles. The number of nitrogens with one attached hydrogen (secondary N) is 3. The number of rotatable bonds is 2. The maximum atomic E-state index is 13.0. The minimum atomic E-state index is -0.540. The molecule has 3 N–H and O–H groups in total. The Labute approximate surface area is 169 Å². The number of ether oxygens (including phenoxy) is 1. The SMILES string of the molecule is O=C1CSC(c2cc3ccccc3[nH]c2=O)c2c(n(C3CCOCC3)[nH]c2=O)N1. The number of nitrogens with zero attached hydrogens (tertiary/aromatic N) is 1. The second-order valence-electron chi connectivity index (χ2n) is 7.30. The van der Waals surface area contributed by atoms with Crippen molar-refractivity contribution in [2.24, 2.45) is 0 Å². The first-order valence-electron chi connectivity index (χ1n) is 9.57. The number of amides is 1. The lowest BCUT2D eigenvalue weighted by atomic mass is 10.0. The molecule has 0 aliphatic carbocycles. The van der Waals surface area contributed by atoms with Gasteiger partial charge in [-0.2, -0.15) is 0 Å². The summed E-state index contributed by atoms with van der Waals surface area (Å²) in [5.41, 5.74) is 1.11. The zero-order chi connectivity index (χ0) is 20.0. The number of H-pyrrole nitrogens is 2. The fourth-order valence-corrected chi connectivity index (χ4v) is 5.20. The van der Waals surface area contributed by atoms with Gasteiger partial charge in [-0.25, -0.2) is 0 Å². The quantitative estimate of drug-likeness (QED) is 0.598. The van der Waals surface area contributed by atoms with Crippen molar-refractivity contribution in [1.29, 1.82) is 0 Å². The van der Waals surface area contributed by atoms with E-state index in [1.54, 1.807) is 4.68 Å². The molecule has 4 heterocycles. The highest BCUT2D eigenvalue weighted by atomic mass is 32.2. The molecule has 1 amide bonds. The minimum Gasteiger partial charge on any atom is -0.381 e. The molecule has 2 aliphatic rings. The summed E-state index contributed by atoms with van der Waals surface area (Å²) in [5, 5.41) is 6.12. The molecule has 0 spiro atoms. The van der Waals surface area contributed by atoms with Gasteiger partial charge in [0.2, 0.25) is 5.91 Å². The Hall–Kier alpha value is -2.78. The molecular weight excluding hydrogens is 392 g/mol. The fourth-order valence-electron chi connectivity index (χ4n) is 4.07. The van der Waals surface area contributed by atoms with Crippen LogP contribution in [-0.4, -0.2) is 39.6 Å². The van der Waals surface area contributed by atoms with Crippen molar-refractivity contribution in [2.45, 2.75) is 24.1 Å². The van der Waals surface area contributed by atoms with Gasteiger partial charge in [0, 0.05) is 24.3 Å². The predicted molar refractivity (Wildman–Crippen MR) is 112 cm³/mol. The van der Waals surface area contributed by atoms with Crippen molar-refractivity contribution < 1.29 is 9.53 Å². The highest BCUT2D eigenvalue weighted by Crippen LogP contribution is 2.40. The number of pyridine rings is 1.